The van der Waals surface area contributed by atoms with Crippen LogP contribution in [0.15, 0.2) is 103 Å². The number of aliphatic hydroxyl groups excluding tert-OH is 1. The van der Waals surface area contributed by atoms with Gasteiger partial charge in [-0.3, -0.25) is 0 Å². The predicted octanol–water partition coefficient (Wildman–Crippen LogP) is 8.03. The lowest BCUT2D eigenvalue weighted by Gasteiger charge is -2.29. The summed E-state index contributed by atoms with van der Waals surface area (Å²) in [7, 11) is 6.12. The second kappa shape index (κ2) is 24.7. The van der Waals surface area contributed by atoms with Crippen LogP contribution in [0.5, 0.6) is 17.2 Å². The first-order valence-corrected chi connectivity index (χ1v) is 23.0. The summed E-state index contributed by atoms with van der Waals surface area (Å²) in [6.07, 6.45) is -1.68. The Kier molecular flexibility index (Phi) is 18.6. The van der Waals surface area contributed by atoms with Gasteiger partial charge in [0.15, 0.2) is 11.5 Å². The molecular weight excluding hydrogens is 883 g/mol. The molecule has 4 aromatic rings. The summed E-state index contributed by atoms with van der Waals surface area (Å²) in [5, 5.41) is 12.2. The number of ether oxygens (including phenoxy) is 7. The molecule has 0 spiro atoms. The molecule has 2 aliphatic rings. The van der Waals surface area contributed by atoms with E-state index < -0.39 is 17.8 Å². The lowest BCUT2D eigenvalue weighted by molar-refractivity contribution is -0.00781. The van der Waals surface area contributed by atoms with E-state index >= 15 is 0 Å². The highest BCUT2D eigenvalue weighted by Crippen LogP contribution is 2.34. The van der Waals surface area contributed by atoms with E-state index in [0.29, 0.717) is 56.8 Å². The molecule has 0 bridgehead atoms. The van der Waals surface area contributed by atoms with Crippen LogP contribution in [0.25, 0.3) is 20.8 Å². The van der Waals surface area contributed by atoms with Crippen molar-refractivity contribution in [3.8, 4) is 27.8 Å². The minimum absolute atomic E-state index is 0.0817. The van der Waals surface area contributed by atoms with Crippen LogP contribution >= 0.6 is 11.3 Å². The van der Waals surface area contributed by atoms with Crippen molar-refractivity contribution in [1.29, 1.82) is 0 Å². The normalized spacial score (nSPS) is 12.0. The van der Waals surface area contributed by atoms with Gasteiger partial charge in [0.2, 0.25) is 5.36 Å². The number of hydrogen-bond acceptors (Lipinski definition) is 12. The van der Waals surface area contributed by atoms with Gasteiger partial charge in [-0.15, -0.1) is 11.3 Å². The molecule has 6 rings (SSSR count). The summed E-state index contributed by atoms with van der Waals surface area (Å²) in [5.74, 6) is 0.410. The highest BCUT2D eigenvalue weighted by molar-refractivity contribution is 7.21. The molecule has 4 aromatic carbocycles. The Labute approximate surface area is 395 Å². The molecule has 67 heavy (non-hydrogen) atoms. The topological polar surface area (TPSA) is 124 Å². The molecule has 1 atom stereocenters. The number of rotatable bonds is 24. The van der Waals surface area contributed by atoms with E-state index in [0.717, 1.165) is 43.0 Å². The molecule has 0 saturated heterocycles. The smallest absolute Gasteiger partial charge is 0.410 e. The third-order valence-electron chi connectivity index (χ3n) is 10.2. The van der Waals surface area contributed by atoms with Gasteiger partial charge in [-0.05, 0) is 92.6 Å². The molecule has 0 radical (unpaired) electrons. The van der Waals surface area contributed by atoms with E-state index in [2.05, 4.69) is 45.9 Å². The quantitative estimate of drug-likeness (QED) is 0.0361. The third-order valence-corrected chi connectivity index (χ3v) is 11.3. The summed E-state index contributed by atoms with van der Waals surface area (Å²) in [4.78, 5) is 22.7. The van der Waals surface area contributed by atoms with Crippen LogP contribution in [-0.4, -0.2) is 120 Å². The zero-order valence-electron chi connectivity index (χ0n) is 39.0. The molecule has 13 nitrogen and oxygen atoms in total. The number of fused-ring (bicyclic) bond motifs is 2. The number of aliphatic hydroxyl groups is 1. The maximum Gasteiger partial charge on any atom is 0.410 e. The fourth-order valence-electron chi connectivity index (χ4n) is 6.54. The van der Waals surface area contributed by atoms with E-state index in [1.807, 2.05) is 21.1 Å². The first-order valence-electron chi connectivity index (χ1n) is 22.2. The van der Waals surface area contributed by atoms with Gasteiger partial charge in [0.1, 0.15) is 63.0 Å². The Hall–Kier alpha value is -5.91. The van der Waals surface area contributed by atoms with Gasteiger partial charge in [-0.25, -0.2) is 23.1 Å². The number of nitrogens with zero attached hydrogens (tertiary/aromatic N) is 4. The highest BCUT2D eigenvalue weighted by atomic mass is 32.1. The van der Waals surface area contributed by atoms with Crippen LogP contribution in [0.3, 0.4) is 0 Å². The molecule has 0 aromatic heterocycles. The standard InChI is InChI=1S/C51H61F2N4O9S/c1-51(2,3)66-50(59)57(32-42(58)35-63-43-17-20-46(64-33-36-7-11-38(52)12-8-36)47(31-43)65-34-37-9-13-39(53)14-10-37)22-24-61-26-28-62-27-25-60-23-21-56(6)41-16-19-45-49(30-41)67-48-29-40(55(4)5)15-18-44(48)54-45/h7-20,29-31,42,58H,21-28,32-35H2,1-6H3/q+1/t42-/m1/s1. The van der Waals surface area contributed by atoms with Crippen molar-refractivity contribution in [1.82, 2.24) is 14.5 Å². The molecule has 0 saturated carbocycles. The van der Waals surface area contributed by atoms with Crippen LogP contribution in [0, 0.1) is 11.6 Å². The molecular formula is C51H61F2N4O9S+. The third kappa shape index (κ3) is 16.4. The van der Waals surface area contributed by atoms with Crippen molar-refractivity contribution in [3.63, 3.8) is 0 Å². The Bertz CT molecular complexity index is 2530. The van der Waals surface area contributed by atoms with Gasteiger partial charge in [0.05, 0.1) is 67.0 Å². The number of likely N-dealkylation sites (N-methyl/N-ethyl adjacent to an activating group) is 1. The van der Waals surface area contributed by atoms with Crippen molar-refractivity contribution in [2.75, 3.05) is 91.9 Å². The zero-order chi connectivity index (χ0) is 47.8. The maximum atomic E-state index is 13.5. The Morgan fingerprint density at radius 1 is 0.731 bits per heavy atom. The number of aromatic nitrogens is 1. The predicted molar refractivity (Wildman–Crippen MR) is 256 cm³/mol. The molecule has 0 fully saturated rings. The average molecular weight is 944 g/mol. The number of anilines is 1. The molecule has 1 heterocycles. The van der Waals surface area contributed by atoms with Gasteiger partial charge in [-0.2, -0.15) is 0 Å². The van der Waals surface area contributed by atoms with Crippen LogP contribution < -0.4 is 29.0 Å². The van der Waals surface area contributed by atoms with E-state index in [1.54, 1.807) is 74.6 Å². The van der Waals surface area contributed by atoms with Crippen molar-refractivity contribution >= 4 is 33.3 Å². The Balaban J connectivity index is 0.907. The maximum absolute atomic E-state index is 13.5. The van der Waals surface area contributed by atoms with Crippen molar-refractivity contribution in [2.24, 2.45) is 0 Å². The molecule has 1 amide bonds. The number of amides is 1. The first-order chi connectivity index (χ1) is 32.2. The average Bonchev–Trinajstić information content (AvgIpc) is 3.30. The summed E-state index contributed by atoms with van der Waals surface area (Å²) in [5.41, 5.74) is 3.79. The van der Waals surface area contributed by atoms with Crippen molar-refractivity contribution < 1.29 is 51.8 Å². The van der Waals surface area contributed by atoms with Gasteiger partial charge in [0.25, 0.3) is 0 Å². The second-order valence-corrected chi connectivity index (χ2v) is 18.1. The number of benzene rings is 5. The number of hydrogen-bond donors (Lipinski definition) is 1. The van der Waals surface area contributed by atoms with Gasteiger partial charge in [-0.1, -0.05) is 24.3 Å². The zero-order valence-corrected chi connectivity index (χ0v) is 39.9. The second-order valence-electron chi connectivity index (χ2n) is 17.0. The van der Waals surface area contributed by atoms with Gasteiger partial charge in [0, 0.05) is 44.0 Å². The summed E-state index contributed by atoms with van der Waals surface area (Å²) in [6, 6.07) is 29.5. The molecule has 0 unspecified atom stereocenters. The highest BCUT2D eigenvalue weighted by Gasteiger charge is 2.25. The lowest BCUT2D eigenvalue weighted by atomic mass is 10.2. The number of carbonyl (C=O) groups is 1. The summed E-state index contributed by atoms with van der Waals surface area (Å²) in [6.45, 7) is 8.42. The fourth-order valence-corrected chi connectivity index (χ4v) is 7.57. The summed E-state index contributed by atoms with van der Waals surface area (Å²) >= 11 is 1.74. The van der Waals surface area contributed by atoms with E-state index in [4.69, 9.17) is 38.1 Å². The van der Waals surface area contributed by atoms with E-state index in [-0.39, 0.29) is 51.2 Å². The van der Waals surface area contributed by atoms with Crippen LogP contribution in [0.4, 0.5) is 19.3 Å². The number of carbonyl (C=O) groups excluding carboxylic acids is 1. The van der Waals surface area contributed by atoms with Crippen LogP contribution in [-0.2, 0) is 32.2 Å². The molecule has 358 valence electrons. The van der Waals surface area contributed by atoms with E-state index in [9.17, 15) is 18.7 Å². The summed E-state index contributed by atoms with van der Waals surface area (Å²) < 4.78 is 71.1. The minimum atomic E-state index is -1.09. The first kappa shape index (κ1) is 50.5. The van der Waals surface area contributed by atoms with Gasteiger partial charge >= 0.3 is 6.09 Å². The Morgan fingerprint density at radius 3 is 1.97 bits per heavy atom. The largest absolute Gasteiger partial charge is 0.491 e. The molecule has 1 N–H and O–H groups in total. The number of halogens is 2. The molecule has 1 aliphatic heterocycles. The van der Waals surface area contributed by atoms with Crippen LogP contribution in [0.1, 0.15) is 31.9 Å². The molecule has 1 aliphatic carbocycles. The van der Waals surface area contributed by atoms with Crippen molar-refractivity contribution in [3.05, 3.63) is 131 Å². The molecule has 16 heteroatoms. The Morgan fingerprint density at radius 2 is 1.34 bits per heavy atom. The SMILES string of the molecule is CN(CCOCCOCCOCCN(C[C@@H](O)COc1ccc(OCc2ccc(F)cc2)c(OCc2ccc(F)cc2)c1)C(=O)OC(C)(C)C)c1ccc2nc3ccc(=[N+](C)C)cc-3sc2c1. The lowest BCUT2D eigenvalue weighted by Crippen LogP contribution is -2.44. The minimum Gasteiger partial charge on any atom is -0.491 e. The van der Waals surface area contributed by atoms with Crippen molar-refractivity contribution in [2.45, 2.75) is 45.7 Å². The van der Waals surface area contributed by atoms with Gasteiger partial charge < -0.3 is 48.1 Å². The van der Waals surface area contributed by atoms with Crippen LogP contribution in [0.2, 0.25) is 0 Å². The van der Waals surface area contributed by atoms with E-state index in [1.165, 1.54) is 29.2 Å². The fraction of sp³-hybridized carbons (Fsp3) is 0.392. The monoisotopic (exact) mass is 943 g/mol.